The van der Waals surface area contributed by atoms with Gasteiger partial charge in [0.15, 0.2) is 0 Å². The second-order valence-corrected chi connectivity index (χ2v) is 25.4. The van der Waals surface area contributed by atoms with Crippen LogP contribution in [0.4, 0.5) is 0 Å². The number of ketones is 1. The number of rotatable bonds is 24. The summed E-state index contributed by atoms with van der Waals surface area (Å²) in [4.78, 5) is 146. The van der Waals surface area contributed by atoms with E-state index in [1.54, 1.807) is 72.7 Å². The fourth-order valence-corrected chi connectivity index (χ4v) is 10.8. The molecule has 1 aliphatic heterocycles. The minimum Gasteiger partial charge on any atom is -0.488 e. The van der Waals surface area contributed by atoms with E-state index in [1.807, 2.05) is 119 Å². The van der Waals surface area contributed by atoms with Crippen LogP contribution in [0.2, 0.25) is 0 Å². The molecule has 5 rings (SSSR count). The molecular formula is C70H95N7O12. The van der Waals surface area contributed by atoms with Gasteiger partial charge in [-0.1, -0.05) is 171 Å². The molecule has 0 unspecified atom stereocenters. The first-order chi connectivity index (χ1) is 42.1. The van der Waals surface area contributed by atoms with Crippen molar-refractivity contribution in [3.8, 4) is 5.75 Å². The third-order valence-corrected chi connectivity index (χ3v) is 16.5. The molecule has 1 saturated heterocycles. The highest BCUT2D eigenvalue weighted by Crippen LogP contribution is 2.37. The lowest BCUT2D eigenvalue weighted by Gasteiger charge is -2.37. The Hall–Kier alpha value is -8.22. The number of amides is 7. The molecule has 1 fully saturated rings. The van der Waals surface area contributed by atoms with Crippen molar-refractivity contribution in [3.05, 3.63) is 138 Å². The van der Waals surface area contributed by atoms with E-state index >= 15 is 14.4 Å². The average molecular weight is 1230 g/mol. The normalized spacial score (nSPS) is 21.3. The van der Waals surface area contributed by atoms with Crippen LogP contribution in [0.25, 0.3) is 0 Å². The summed E-state index contributed by atoms with van der Waals surface area (Å²) >= 11 is 0. The van der Waals surface area contributed by atoms with E-state index in [2.05, 4.69) is 31.9 Å². The fraction of sp³-hybridized carbons (Fsp3) is 0.514. The SMILES string of the molecule is CC[C@H](C)[C@@H]1NC(=O)[C@H](Cc2ccc(OC(C)(C)C)cc2)N(C)C(=O)[C@H]([C@@H](C)CC)NC(=O)[C@H](CCC=O)NC(=O)[C@H](CC(C)C)NC(=O)[C@@H](NC(=O)[C@H](CCC(=O)NC(c2ccccc2)(c2ccccc2)c2ccccc2)CC(=O)C(C)C)[C@@H](C)OC1=O. The molecule has 10 atom stereocenters. The van der Waals surface area contributed by atoms with Crippen molar-refractivity contribution in [2.24, 2.45) is 29.6 Å². The number of carbonyl (C=O) groups is 10. The Morgan fingerprint density at radius 2 is 1.18 bits per heavy atom. The molecule has 4 aromatic carbocycles. The summed E-state index contributed by atoms with van der Waals surface area (Å²) < 4.78 is 12.2. The number of benzene rings is 4. The van der Waals surface area contributed by atoms with E-state index < -0.39 is 124 Å². The third kappa shape index (κ3) is 20.1. The molecule has 0 bridgehead atoms. The molecule has 0 aromatic heterocycles. The lowest BCUT2D eigenvalue weighted by atomic mass is 9.76. The Morgan fingerprint density at radius 3 is 1.67 bits per heavy atom. The molecular weight excluding hydrogens is 1130 g/mol. The first-order valence-corrected chi connectivity index (χ1v) is 31.3. The van der Waals surface area contributed by atoms with Gasteiger partial charge in [-0.15, -0.1) is 0 Å². The first-order valence-electron chi connectivity index (χ1n) is 31.3. The molecule has 0 radical (unpaired) electrons. The van der Waals surface area contributed by atoms with Crippen LogP contribution in [0.15, 0.2) is 115 Å². The third-order valence-electron chi connectivity index (χ3n) is 16.5. The number of nitrogens with one attached hydrogen (secondary N) is 6. The second-order valence-electron chi connectivity index (χ2n) is 25.4. The number of nitrogens with zero attached hydrogens (tertiary/aromatic N) is 1. The quantitative estimate of drug-likeness (QED) is 0.0223. The van der Waals surface area contributed by atoms with Gasteiger partial charge in [0.2, 0.25) is 41.4 Å². The monoisotopic (exact) mass is 1230 g/mol. The van der Waals surface area contributed by atoms with Crippen molar-refractivity contribution >= 4 is 59.4 Å². The zero-order valence-corrected chi connectivity index (χ0v) is 54.2. The zero-order chi connectivity index (χ0) is 65.8. The van der Waals surface area contributed by atoms with E-state index in [-0.39, 0.29) is 56.6 Å². The summed E-state index contributed by atoms with van der Waals surface area (Å²) in [6, 6.07) is 26.9. The summed E-state index contributed by atoms with van der Waals surface area (Å²) in [6.07, 6.45) is -1.43. The highest BCUT2D eigenvalue weighted by atomic mass is 16.5. The van der Waals surface area contributed by atoms with Crippen molar-refractivity contribution in [1.82, 2.24) is 36.8 Å². The first kappa shape index (κ1) is 71.5. The number of hydrogen-bond donors (Lipinski definition) is 6. The molecule has 19 heteroatoms. The minimum absolute atomic E-state index is 0.000113. The van der Waals surface area contributed by atoms with Gasteiger partial charge in [0, 0.05) is 44.6 Å². The smallest absolute Gasteiger partial charge is 0.329 e. The number of cyclic esters (lactones) is 1. The minimum atomic E-state index is -1.77. The standard InChI is InChI=1S/C70H95N7O12/c1-14-45(7)59-67(86)77(13)56(41-48-33-36-53(37-34-48)89-69(10,11)12)65(84)74-60(46(8)15-2)68(87)88-47(9)61(66(85)72-55(40-43(3)4)64(83)71-54(32-25-39-78)63(82)73-59)75-62(81)49(42-57(79)44(5)6)35-38-58(80)76-70(50-26-19-16-20-27-50,51-28-21-17-22-29-51)52-30-23-18-24-31-52/h16-24,26-31,33-34,36-37,39,43-47,49,54-56,59-61H,14-15,25,32,35,38,40-42H2,1-13H3,(H,71,83)(H,72,85)(H,73,82)(H,74,84)(H,75,81)(H,76,80)/t45-,46-,47+,49+,54-,55-,56-,59-,60-,61-/m0/s1. The van der Waals surface area contributed by atoms with E-state index in [0.717, 1.165) is 16.7 Å². The molecule has 6 N–H and O–H groups in total. The van der Waals surface area contributed by atoms with Gasteiger partial charge in [-0.3, -0.25) is 38.4 Å². The van der Waals surface area contributed by atoms with Gasteiger partial charge in [0.1, 0.15) is 71.3 Å². The van der Waals surface area contributed by atoms with E-state index in [1.165, 1.54) is 18.9 Å². The number of aldehydes is 1. The fourth-order valence-electron chi connectivity index (χ4n) is 10.8. The van der Waals surface area contributed by atoms with Crippen LogP contribution in [0, 0.1) is 29.6 Å². The topological polar surface area (TPSA) is 265 Å². The van der Waals surface area contributed by atoms with E-state index in [0.29, 0.717) is 30.4 Å². The molecule has 0 spiro atoms. The highest BCUT2D eigenvalue weighted by molar-refractivity contribution is 5.98. The molecule has 4 aromatic rings. The van der Waals surface area contributed by atoms with Crippen LogP contribution in [-0.2, 0) is 64.6 Å². The molecule has 1 aliphatic rings. The van der Waals surface area contributed by atoms with Crippen molar-refractivity contribution in [3.63, 3.8) is 0 Å². The van der Waals surface area contributed by atoms with Crippen LogP contribution in [0.1, 0.15) is 157 Å². The van der Waals surface area contributed by atoms with E-state index in [4.69, 9.17) is 9.47 Å². The molecule has 0 saturated carbocycles. The molecule has 7 amide bonds. The van der Waals surface area contributed by atoms with Crippen molar-refractivity contribution in [2.45, 2.75) is 194 Å². The van der Waals surface area contributed by atoms with Crippen LogP contribution in [0.5, 0.6) is 5.75 Å². The number of carbonyl (C=O) groups excluding carboxylic acids is 10. The largest absolute Gasteiger partial charge is 0.488 e. The maximum Gasteiger partial charge on any atom is 0.329 e. The summed E-state index contributed by atoms with van der Waals surface area (Å²) in [7, 11) is 1.43. The average Bonchev–Trinajstić information content (AvgIpc) is 0.936. The molecule has 482 valence electrons. The van der Waals surface area contributed by atoms with Gasteiger partial charge in [0.25, 0.3) is 0 Å². The molecule has 0 aliphatic carbocycles. The summed E-state index contributed by atoms with van der Waals surface area (Å²) in [5, 5.41) is 17.2. The Kier molecular flexibility index (Phi) is 26.8. The summed E-state index contributed by atoms with van der Waals surface area (Å²) in [6.45, 7) is 21.2. The van der Waals surface area contributed by atoms with Crippen LogP contribution >= 0.6 is 0 Å². The Morgan fingerprint density at radius 1 is 0.674 bits per heavy atom. The van der Waals surface area contributed by atoms with Gasteiger partial charge >= 0.3 is 5.97 Å². The lowest BCUT2D eigenvalue weighted by molar-refractivity contribution is -0.158. The highest BCUT2D eigenvalue weighted by Gasteiger charge is 2.43. The van der Waals surface area contributed by atoms with Crippen LogP contribution in [-0.4, -0.2) is 119 Å². The maximum atomic E-state index is 15.1. The number of esters is 1. The predicted molar refractivity (Wildman–Crippen MR) is 340 cm³/mol. The van der Waals surface area contributed by atoms with Crippen LogP contribution in [0.3, 0.4) is 0 Å². The Balaban J connectivity index is 1.60. The number of likely N-dealkylation sites (N-methyl/N-ethyl adjacent to an activating group) is 1. The summed E-state index contributed by atoms with van der Waals surface area (Å²) in [5.41, 5.74) is 1.19. The van der Waals surface area contributed by atoms with Crippen molar-refractivity contribution < 1.29 is 57.4 Å². The van der Waals surface area contributed by atoms with Gasteiger partial charge in [-0.25, -0.2) is 4.79 Å². The van der Waals surface area contributed by atoms with Crippen LogP contribution < -0.4 is 36.6 Å². The van der Waals surface area contributed by atoms with Crippen molar-refractivity contribution in [1.29, 1.82) is 0 Å². The van der Waals surface area contributed by atoms with Gasteiger partial charge < -0.3 is 51.1 Å². The van der Waals surface area contributed by atoms with Gasteiger partial charge in [-0.05, 0) is 99.1 Å². The maximum absolute atomic E-state index is 15.1. The molecule has 1 heterocycles. The molecule has 19 nitrogen and oxygen atoms in total. The predicted octanol–water partition coefficient (Wildman–Crippen LogP) is 7.84. The summed E-state index contributed by atoms with van der Waals surface area (Å²) in [5.74, 6) is -9.16. The number of hydrogen-bond acceptors (Lipinski definition) is 12. The number of ether oxygens (including phenoxy) is 2. The van der Waals surface area contributed by atoms with Gasteiger partial charge in [0.05, 0.1) is 0 Å². The second kappa shape index (κ2) is 33.4. The Labute approximate surface area is 525 Å². The zero-order valence-electron chi connectivity index (χ0n) is 54.2. The Bertz CT molecular complexity index is 2930. The number of Topliss-reactive ketones (excluding diaryl/α,β-unsaturated/α-hetero) is 1. The van der Waals surface area contributed by atoms with Crippen molar-refractivity contribution in [2.75, 3.05) is 7.05 Å². The molecule has 89 heavy (non-hydrogen) atoms. The lowest BCUT2D eigenvalue weighted by Crippen LogP contribution is -2.61. The van der Waals surface area contributed by atoms with Gasteiger partial charge in [-0.2, -0.15) is 0 Å². The van der Waals surface area contributed by atoms with E-state index in [9.17, 15) is 33.6 Å².